The van der Waals surface area contributed by atoms with E-state index in [2.05, 4.69) is 20.4 Å². The number of carbonyl (C=O) groups is 1. The van der Waals surface area contributed by atoms with Crippen LogP contribution in [0.15, 0.2) is 65.2 Å². The monoisotopic (exact) mass is 483 g/mol. The molecule has 0 saturated heterocycles. The van der Waals surface area contributed by atoms with Crippen molar-refractivity contribution in [2.45, 2.75) is 26.3 Å². The Balaban J connectivity index is 1.67. The maximum Gasteiger partial charge on any atom is 0.269 e. The number of H-pyrrole nitrogens is 1. The van der Waals surface area contributed by atoms with Crippen molar-refractivity contribution in [1.29, 1.82) is 5.26 Å². The van der Waals surface area contributed by atoms with Gasteiger partial charge < -0.3 is 10.3 Å². The van der Waals surface area contributed by atoms with Crippen LogP contribution in [0.4, 0.5) is 11.4 Å². The molecule has 180 valence electrons. The lowest BCUT2D eigenvalue weighted by molar-refractivity contribution is -0.384. The van der Waals surface area contributed by atoms with Gasteiger partial charge in [0.15, 0.2) is 5.65 Å². The number of non-ortho nitro benzene ring substituents is 1. The SMILES string of the molecule is CC(C)(C)n1nc(-c2cccc(NC(=O)/C(C#N)=C/c3ccc([N+](=O)[O-])cc3)c2)c2c(=O)[nH]cnc21. The predicted molar refractivity (Wildman–Crippen MR) is 134 cm³/mol. The normalized spacial score (nSPS) is 11.8. The highest BCUT2D eigenvalue weighted by molar-refractivity contribution is 6.10. The van der Waals surface area contributed by atoms with Gasteiger partial charge in [-0.3, -0.25) is 19.7 Å². The van der Waals surface area contributed by atoms with Gasteiger partial charge in [-0.2, -0.15) is 10.4 Å². The standard InChI is InChI=1S/C25H21N7O4/c1-25(2,3)31-22-20(24(34)28-14-27-22)21(30-31)16-5-4-6-18(12-16)29-23(33)17(13-26)11-15-7-9-19(10-8-15)32(35)36/h4-12,14H,1-3H3,(H,29,33)(H,27,28,34)/b17-11+. The Morgan fingerprint density at radius 2 is 1.94 bits per heavy atom. The van der Waals surface area contributed by atoms with Gasteiger partial charge in [0, 0.05) is 23.4 Å². The number of nitro benzene ring substituents is 1. The van der Waals surface area contributed by atoms with Crippen LogP contribution in [0.3, 0.4) is 0 Å². The maximum atomic E-state index is 12.8. The van der Waals surface area contributed by atoms with Gasteiger partial charge in [0.05, 0.1) is 16.8 Å². The number of carbonyl (C=O) groups excluding carboxylic acids is 1. The second kappa shape index (κ2) is 9.27. The number of rotatable bonds is 5. The Hall–Kier alpha value is -5.11. The summed E-state index contributed by atoms with van der Waals surface area (Å²) < 4.78 is 1.68. The molecule has 2 aromatic heterocycles. The summed E-state index contributed by atoms with van der Waals surface area (Å²) in [6.07, 6.45) is 2.67. The predicted octanol–water partition coefficient (Wildman–Crippen LogP) is 4.00. The second-order valence-corrected chi connectivity index (χ2v) is 8.91. The Kier molecular flexibility index (Phi) is 6.18. The van der Waals surface area contributed by atoms with Gasteiger partial charge in [-0.05, 0) is 56.7 Å². The summed E-state index contributed by atoms with van der Waals surface area (Å²) in [5.74, 6) is -0.655. The minimum atomic E-state index is -0.655. The Morgan fingerprint density at radius 1 is 1.22 bits per heavy atom. The van der Waals surface area contributed by atoms with Crippen LogP contribution < -0.4 is 10.9 Å². The molecule has 4 rings (SSSR count). The number of aromatic amines is 1. The smallest absolute Gasteiger partial charge is 0.269 e. The van der Waals surface area contributed by atoms with Crippen LogP contribution in [0, 0.1) is 21.4 Å². The molecule has 0 spiro atoms. The van der Waals surface area contributed by atoms with Gasteiger partial charge in [-0.15, -0.1) is 0 Å². The molecule has 0 saturated carbocycles. The average Bonchev–Trinajstić information content (AvgIpc) is 3.25. The Morgan fingerprint density at radius 3 is 2.58 bits per heavy atom. The molecular formula is C25H21N7O4. The van der Waals surface area contributed by atoms with E-state index in [9.17, 15) is 25.0 Å². The third kappa shape index (κ3) is 4.74. The average molecular weight is 483 g/mol. The van der Waals surface area contributed by atoms with Crippen molar-refractivity contribution in [2.75, 3.05) is 5.32 Å². The van der Waals surface area contributed by atoms with E-state index in [1.54, 1.807) is 28.9 Å². The molecule has 0 aliphatic carbocycles. The van der Waals surface area contributed by atoms with E-state index in [1.807, 2.05) is 26.8 Å². The molecule has 0 radical (unpaired) electrons. The first kappa shape index (κ1) is 24.0. The lowest BCUT2D eigenvalue weighted by atomic mass is 10.1. The van der Waals surface area contributed by atoms with Crippen molar-refractivity contribution in [3.8, 4) is 17.3 Å². The van der Waals surface area contributed by atoms with Gasteiger partial charge in [-0.25, -0.2) is 9.67 Å². The van der Waals surface area contributed by atoms with Crippen molar-refractivity contribution >= 4 is 34.4 Å². The number of nitro groups is 1. The Labute approximate surface area is 204 Å². The van der Waals surface area contributed by atoms with Crippen molar-refractivity contribution in [3.63, 3.8) is 0 Å². The molecule has 4 aromatic rings. The van der Waals surface area contributed by atoms with Crippen molar-refractivity contribution in [2.24, 2.45) is 0 Å². The third-order valence-corrected chi connectivity index (χ3v) is 5.28. The zero-order chi connectivity index (χ0) is 26.0. The van der Waals surface area contributed by atoms with Crippen LogP contribution in [0.5, 0.6) is 0 Å². The molecule has 11 nitrogen and oxygen atoms in total. The lowest BCUT2D eigenvalue weighted by Gasteiger charge is -2.19. The van der Waals surface area contributed by atoms with E-state index in [1.165, 1.54) is 36.7 Å². The molecule has 36 heavy (non-hydrogen) atoms. The fourth-order valence-electron chi connectivity index (χ4n) is 3.58. The number of fused-ring (bicyclic) bond motifs is 1. The number of aromatic nitrogens is 4. The molecule has 0 atom stereocenters. The van der Waals surface area contributed by atoms with Gasteiger partial charge in [0.25, 0.3) is 17.2 Å². The Bertz CT molecular complexity index is 1620. The number of nitrogens with zero attached hydrogens (tertiary/aromatic N) is 5. The second-order valence-electron chi connectivity index (χ2n) is 8.91. The van der Waals surface area contributed by atoms with E-state index in [-0.39, 0.29) is 16.8 Å². The van der Waals surface area contributed by atoms with Gasteiger partial charge >= 0.3 is 0 Å². The van der Waals surface area contributed by atoms with Gasteiger partial charge in [0.1, 0.15) is 22.7 Å². The van der Waals surface area contributed by atoms with Gasteiger partial charge in [0.2, 0.25) is 0 Å². The highest BCUT2D eigenvalue weighted by Gasteiger charge is 2.24. The van der Waals surface area contributed by atoms with Crippen LogP contribution in [-0.2, 0) is 10.3 Å². The quantitative estimate of drug-likeness (QED) is 0.188. The number of anilines is 1. The van der Waals surface area contributed by atoms with Crippen LogP contribution in [0.2, 0.25) is 0 Å². The zero-order valence-electron chi connectivity index (χ0n) is 19.6. The number of hydrogen-bond acceptors (Lipinski definition) is 7. The molecule has 0 aliphatic heterocycles. The summed E-state index contributed by atoms with van der Waals surface area (Å²) in [6.45, 7) is 5.84. The first-order valence-corrected chi connectivity index (χ1v) is 10.8. The first-order valence-electron chi connectivity index (χ1n) is 10.8. The third-order valence-electron chi connectivity index (χ3n) is 5.28. The molecule has 2 N–H and O–H groups in total. The molecule has 0 unspecified atom stereocenters. The minimum Gasteiger partial charge on any atom is -0.321 e. The fourth-order valence-corrected chi connectivity index (χ4v) is 3.58. The molecule has 2 heterocycles. The maximum absolute atomic E-state index is 12.8. The highest BCUT2D eigenvalue weighted by Crippen LogP contribution is 2.29. The summed E-state index contributed by atoms with van der Waals surface area (Å²) in [6, 6.07) is 14.1. The molecule has 2 aromatic carbocycles. The summed E-state index contributed by atoms with van der Waals surface area (Å²) in [5, 5.41) is 28.0. The summed E-state index contributed by atoms with van der Waals surface area (Å²) in [4.78, 5) is 42.6. The number of benzene rings is 2. The van der Waals surface area contributed by atoms with E-state index < -0.39 is 16.4 Å². The van der Waals surface area contributed by atoms with E-state index in [4.69, 9.17) is 0 Å². The van der Waals surface area contributed by atoms with E-state index in [0.717, 1.165) is 0 Å². The summed E-state index contributed by atoms with van der Waals surface area (Å²) >= 11 is 0. The molecule has 0 aliphatic rings. The van der Waals surface area contributed by atoms with Gasteiger partial charge in [-0.1, -0.05) is 12.1 Å². The number of nitrogens with one attached hydrogen (secondary N) is 2. The molecule has 0 fully saturated rings. The largest absolute Gasteiger partial charge is 0.321 e. The topological polar surface area (TPSA) is 160 Å². The molecular weight excluding hydrogens is 462 g/mol. The van der Waals surface area contributed by atoms with Crippen LogP contribution >= 0.6 is 0 Å². The molecule has 1 amide bonds. The number of nitriles is 1. The van der Waals surface area contributed by atoms with Crippen LogP contribution in [-0.4, -0.2) is 30.6 Å². The van der Waals surface area contributed by atoms with Crippen molar-refractivity contribution in [3.05, 3.63) is 86.5 Å². The minimum absolute atomic E-state index is 0.0950. The summed E-state index contributed by atoms with van der Waals surface area (Å²) in [7, 11) is 0. The van der Waals surface area contributed by atoms with E-state index in [0.29, 0.717) is 33.5 Å². The van der Waals surface area contributed by atoms with Crippen molar-refractivity contribution < 1.29 is 9.72 Å². The van der Waals surface area contributed by atoms with Crippen LogP contribution in [0.25, 0.3) is 28.4 Å². The van der Waals surface area contributed by atoms with Crippen LogP contribution in [0.1, 0.15) is 26.3 Å². The van der Waals surface area contributed by atoms with Crippen molar-refractivity contribution in [1.82, 2.24) is 19.7 Å². The molecule has 0 bridgehead atoms. The summed E-state index contributed by atoms with van der Waals surface area (Å²) in [5.41, 5.74) is 1.23. The zero-order valence-corrected chi connectivity index (χ0v) is 19.6. The lowest BCUT2D eigenvalue weighted by Crippen LogP contribution is -2.23. The molecule has 11 heteroatoms. The van der Waals surface area contributed by atoms with E-state index >= 15 is 0 Å². The highest BCUT2D eigenvalue weighted by atomic mass is 16.6. The number of amides is 1. The first-order chi connectivity index (χ1) is 17.1. The fraction of sp³-hybridized carbons (Fsp3) is 0.160. The number of hydrogen-bond donors (Lipinski definition) is 2.